The average molecular weight is 250 g/mol. The molecule has 0 radical (unpaired) electrons. The zero-order valence-corrected chi connectivity index (χ0v) is 9.52. The summed E-state index contributed by atoms with van der Waals surface area (Å²) in [6, 6.07) is 8.83. The van der Waals surface area contributed by atoms with E-state index in [0.29, 0.717) is 17.1 Å². The van der Waals surface area contributed by atoms with Gasteiger partial charge in [-0.1, -0.05) is 0 Å². The fourth-order valence-corrected chi connectivity index (χ4v) is 2.12. The minimum atomic E-state index is -0.614. The number of anilines is 1. The maximum Gasteiger partial charge on any atom is 0.128 e. The first-order valence-electron chi connectivity index (χ1n) is 4.86. The molecule has 0 unspecified atom stereocenters. The van der Waals surface area contributed by atoms with Crippen molar-refractivity contribution in [3.05, 3.63) is 51.7 Å². The van der Waals surface area contributed by atoms with E-state index >= 15 is 0 Å². The van der Waals surface area contributed by atoms with Crippen LogP contribution in [0.2, 0.25) is 0 Å². The molecule has 1 aromatic carbocycles. The number of nitriles is 1. The van der Waals surface area contributed by atoms with E-state index in [9.17, 15) is 8.78 Å². The summed E-state index contributed by atoms with van der Waals surface area (Å²) in [6.07, 6.45) is 0. The molecule has 0 aliphatic heterocycles. The molecule has 0 aliphatic rings. The highest BCUT2D eigenvalue weighted by Crippen LogP contribution is 2.18. The van der Waals surface area contributed by atoms with E-state index in [1.54, 1.807) is 6.07 Å². The Hall–Kier alpha value is -1.93. The van der Waals surface area contributed by atoms with E-state index in [4.69, 9.17) is 5.26 Å². The molecule has 1 aromatic heterocycles. The fourth-order valence-electron chi connectivity index (χ4n) is 1.38. The number of halogens is 2. The van der Waals surface area contributed by atoms with Crippen molar-refractivity contribution in [3.8, 4) is 6.07 Å². The average Bonchev–Trinajstić information content (AvgIpc) is 2.73. The fraction of sp³-hybridized carbons (Fsp3) is 0.0833. The first-order chi connectivity index (χ1) is 8.17. The lowest BCUT2D eigenvalue weighted by atomic mass is 10.3. The van der Waals surface area contributed by atoms with E-state index in [0.717, 1.165) is 10.9 Å². The van der Waals surface area contributed by atoms with Gasteiger partial charge in [-0.25, -0.2) is 8.78 Å². The highest BCUT2D eigenvalue weighted by atomic mass is 32.1. The van der Waals surface area contributed by atoms with Crippen molar-refractivity contribution >= 4 is 17.0 Å². The molecule has 86 valence electrons. The number of thiophene rings is 1. The van der Waals surface area contributed by atoms with Crippen LogP contribution in [-0.4, -0.2) is 0 Å². The van der Waals surface area contributed by atoms with E-state index in [1.165, 1.54) is 23.5 Å². The van der Waals surface area contributed by atoms with Crippen molar-refractivity contribution < 1.29 is 8.78 Å². The lowest BCUT2D eigenvalue weighted by Crippen LogP contribution is -1.98. The van der Waals surface area contributed by atoms with Crippen LogP contribution in [0.3, 0.4) is 0 Å². The molecular weight excluding hydrogens is 242 g/mol. The largest absolute Gasteiger partial charge is 0.380 e. The summed E-state index contributed by atoms with van der Waals surface area (Å²) in [5.41, 5.74) is 0.384. The second-order valence-electron chi connectivity index (χ2n) is 3.39. The quantitative estimate of drug-likeness (QED) is 0.904. The SMILES string of the molecule is N#Cc1ccc(CNc2cc(F)cc(F)c2)s1. The highest BCUT2D eigenvalue weighted by molar-refractivity contribution is 7.12. The van der Waals surface area contributed by atoms with Crippen LogP contribution in [0.25, 0.3) is 0 Å². The second kappa shape index (κ2) is 4.93. The first-order valence-corrected chi connectivity index (χ1v) is 5.68. The normalized spacial score (nSPS) is 9.94. The van der Waals surface area contributed by atoms with Gasteiger partial charge in [-0.15, -0.1) is 11.3 Å². The Morgan fingerprint density at radius 1 is 1.18 bits per heavy atom. The summed E-state index contributed by atoms with van der Waals surface area (Å²) in [5, 5.41) is 11.6. The molecule has 0 amide bonds. The van der Waals surface area contributed by atoms with Crippen molar-refractivity contribution in [2.24, 2.45) is 0 Å². The summed E-state index contributed by atoms with van der Waals surface area (Å²) >= 11 is 1.35. The van der Waals surface area contributed by atoms with Gasteiger partial charge in [-0.05, 0) is 24.3 Å². The Kier molecular flexibility index (Phi) is 3.35. The van der Waals surface area contributed by atoms with Crippen LogP contribution in [0.5, 0.6) is 0 Å². The number of nitrogens with zero attached hydrogens (tertiary/aromatic N) is 1. The topological polar surface area (TPSA) is 35.8 Å². The molecule has 0 saturated carbocycles. The number of hydrogen-bond donors (Lipinski definition) is 1. The van der Waals surface area contributed by atoms with Crippen LogP contribution in [0.4, 0.5) is 14.5 Å². The van der Waals surface area contributed by atoms with Crippen molar-refractivity contribution in [2.75, 3.05) is 5.32 Å². The van der Waals surface area contributed by atoms with Gasteiger partial charge < -0.3 is 5.32 Å². The Labute approximate surface area is 101 Å². The number of rotatable bonds is 3. The van der Waals surface area contributed by atoms with Crippen LogP contribution in [-0.2, 0) is 6.54 Å². The molecule has 2 aromatic rings. The van der Waals surface area contributed by atoms with Crippen LogP contribution in [0, 0.1) is 23.0 Å². The maximum absolute atomic E-state index is 12.9. The summed E-state index contributed by atoms with van der Waals surface area (Å²) < 4.78 is 25.8. The van der Waals surface area contributed by atoms with Crippen molar-refractivity contribution in [2.45, 2.75) is 6.54 Å². The summed E-state index contributed by atoms with van der Waals surface area (Å²) in [6.45, 7) is 0.440. The van der Waals surface area contributed by atoms with Gasteiger partial charge in [-0.2, -0.15) is 5.26 Å². The Morgan fingerprint density at radius 3 is 2.47 bits per heavy atom. The molecule has 2 nitrogen and oxygen atoms in total. The van der Waals surface area contributed by atoms with Crippen LogP contribution in [0.1, 0.15) is 9.75 Å². The van der Waals surface area contributed by atoms with E-state index in [-0.39, 0.29) is 0 Å². The molecule has 0 spiro atoms. The summed E-state index contributed by atoms with van der Waals surface area (Å²) in [5.74, 6) is -1.23. The van der Waals surface area contributed by atoms with Crippen molar-refractivity contribution in [3.63, 3.8) is 0 Å². The van der Waals surface area contributed by atoms with E-state index < -0.39 is 11.6 Å². The Morgan fingerprint density at radius 2 is 1.88 bits per heavy atom. The van der Waals surface area contributed by atoms with Crippen molar-refractivity contribution in [1.29, 1.82) is 5.26 Å². The monoisotopic (exact) mass is 250 g/mol. The van der Waals surface area contributed by atoms with Gasteiger partial charge in [0.25, 0.3) is 0 Å². The smallest absolute Gasteiger partial charge is 0.128 e. The van der Waals surface area contributed by atoms with E-state index in [2.05, 4.69) is 5.32 Å². The second-order valence-corrected chi connectivity index (χ2v) is 4.56. The van der Waals surface area contributed by atoms with Gasteiger partial charge in [0.1, 0.15) is 22.6 Å². The lowest BCUT2D eigenvalue weighted by molar-refractivity contribution is 0.584. The molecule has 0 saturated heterocycles. The van der Waals surface area contributed by atoms with Gasteiger partial charge in [0.2, 0.25) is 0 Å². The minimum absolute atomic E-state index is 0.384. The molecule has 0 bridgehead atoms. The standard InChI is InChI=1S/C12H8F2N2S/c13-8-3-9(14)5-10(4-8)16-7-12-2-1-11(6-15)17-12/h1-5,16H,7H2. The third-order valence-electron chi connectivity index (χ3n) is 2.10. The van der Waals surface area contributed by atoms with E-state index in [1.807, 2.05) is 12.1 Å². The van der Waals surface area contributed by atoms with Crippen LogP contribution >= 0.6 is 11.3 Å². The molecule has 0 fully saturated rings. The summed E-state index contributed by atoms with van der Waals surface area (Å²) in [4.78, 5) is 1.55. The maximum atomic E-state index is 12.9. The number of nitrogens with one attached hydrogen (secondary N) is 1. The predicted molar refractivity (Wildman–Crippen MR) is 62.7 cm³/mol. The van der Waals surface area contributed by atoms with Gasteiger partial charge in [0, 0.05) is 23.2 Å². The molecule has 1 N–H and O–H groups in total. The number of benzene rings is 1. The third kappa shape index (κ3) is 3.02. The first kappa shape index (κ1) is 11.6. The zero-order chi connectivity index (χ0) is 12.3. The van der Waals surface area contributed by atoms with Crippen LogP contribution < -0.4 is 5.32 Å². The van der Waals surface area contributed by atoms with Crippen molar-refractivity contribution in [1.82, 2.24) is 0 Å². The van der Waals surface area contributed by atoms with Gasteiger partial charge in [-0.3, -0.25) is 0 Å². The molecule has 17 heavy (non-hydrogen) atoms. The molecule has 1 heterocycles. The molecule has 5 heteroatoms. The lowest BCUT2D eigenvalue weighted by Gasteiger charge is -2.04. The zero-order valence-electron chi connectivity index (χ0n) is 8.71. The van der Waals surface area contributed by atoms with Crippen LogP contribution in [0.15, 0.2) is 30.3 Å². The number of hydrogen-bond acceptors (Lipinski definition) is 3. The molecule has 0 aliphatic carbocycles. The minimum Gasteiger partial charge on any atom is -0.380 e. The Bertz CT molecular complexity index is 552. The van der Waals surface area contributed by atoms with Gasteiger partial charge in [0.15, 0.2) is 0 Å². The van der Waals surface area contributed by atoms with Gasteiger partial charge >= 0.3 is 0 Å². The molecular formula is C12H8F2N2S. The molecule has 0 atom stereocenters. The molecule has 2 rings (SSSR count). The Balaban J connectivity index is 2.04. The third-order valence-corrected chi connectivity index (χ3v) is 3.09. The highest BCUT2D eigenvalue weighted by Gasteiger charge is 2.02. The van der Waals surface area contributed by atoms with Gasteiger partial charge in [0.05, 0.1) is 0 Å². The predicted octanol–water partition coefficient (Wildman–Crippen LogP) is 3.51. The summed E-state index contributed by atoms with van der Waals surface area (Å²) in [7, 11) is 0.